The zero-order chi connectivity index (χ0) is 21.8. The summed E-state index contributed by atoms with van der Waals surface area (Å²) in [4.78, 5) is 14.6. The van der Waals surface area contributed by atoms with Gasteiger partial charge in [0.15, 0.2) is 23.1 Å². The number of methoxy groups -OCH3 is 2. The van der Waals surface area contributed by atoms with Crippen LogP contribution in [0.5, 0.6) is 23.0 Å². The monoisotopic (exact) mass is 422 g/mol. The van der Waals surface area contributed by atoms with Gasteiger partial charge in [0, 0.05) is 13.1 Å². The number of halogens is 1. The number of hydrogen-bond donors (Lipinski definition) is 1. The highest BCUT2D eigenvalue weighted by molar-refractivity contribution is 5.91. The first-order valence-corrected chi connectivity index (χ1v) is 9.90. The largest absolute Gasteiger partial charge is 0.493 e. The van der Waals surface area contributed by atoms with Crippen LogP contribution >= 0.6 is 0 Å². The molecule has 0 saturated carbocycles. The van der Waals surface area contributed by atoms with Crippen molar-refractivity contribution in [3.05, 3.63) is 77.6 Å². The number of ether oxygens (including phenoxy) is 3. The molecule has 0 radical (unpaired) electrons. The molecule has 7 heteroatoms. The Morgan fingerprint density at radius 2 is 1.65 bits per heavy atom. The molecule has 2 amide bonds. The van der Waals surface area contributed by atoms with Crippen LogP contribution in [0.3, 0.4) is 0 Å². The number of benzene rings is 3. The maximum atomic E-state index is 14.6. The van der Waals surface area contributed by atoms with E-state index in [1.54, 1.807) is 43.4 Å². The van der Waals surface area contributed by atoms with E-state index in [0.717, 1.165) is 11.1 Å². The zero-order valence-electron chi connectivity index (χ0n) is 17.4. The molecule has 0 unspecified atom stereocenters. The Morgan fingerprint density at radius 3 is 2.35 bits per heavy atom. The van der Waals surface area contributed by atoms with E-state index >= 15 is 0 Å². The third-order valence-electron chi connectivity index (χ3n) is 5.18. The van der Waals surface area contributed by atoms with Gasteiger partial charge in [-0.1, -0.05) is 24.3 Å². The van der Waals surface area contributed by atoms with E-state index in [1.807, 2.05) is 30.3 Å². The van der Waals surface area contributed by atoms with E-state index in [-0.39, 0.29) is 11.4 Å². The van der Waals surface area contributed by atoms with Crippen molar-refractivity contribution in [1.82, 2.24) is 4.90 Å². The van der Waals surface area contributed by atoms with Gasteiger partial charge >= 0.3 is 6.03 Å². The van der Waals surface area contributed by atoms with Crippen LogP contribution in [0.1, 0.15) is 11.1 Å². The molecule has 0 fully saturated rings. The number of urea groups is 1. The normalized spacial score (nSPS) is 12.7. The predicted molar refractivity (Wildman–Crippen MR) is 116 cm³/mol. The summed E-state index contributed by atoms with van der Waals surface area (Å²) in [6.45, 7) is 0.877. The first-order valence-electron chi connectivity index (χ1n) is 9.90. The topological polar surface area (TPSA) is 60.0 Å². The number of para-hydroxylation sites is 2. The molecule has 6 nitrogen and oxygen atoms in total. The van der Waals surface area contributed by atoms with E-state index in [9.17, 15) is 9.18 Å². The van der Waals surface area contributed by atoms with Gasteiger partial charge in [0.05, 0.1) is 14.2 Å². The van der Waals surface area contributed by atoms with Crippen LogP contribution < -0.4 is 19.5 Å². The lowest BCUT2D eigenvalue weighted by Crippen LogP contribution is -2.39. The molecule has 160 valence electrons. The minimum absolute atomic E-state index is 0.00876. The van der Waals surface area contributed by atoms with Gasteiger partial charge in [-0.3, -0.25) is 0 Å². The van der Waals surface area contributed by atoms with E-state index in [0.29, 0.717) is 36.8 Å². The lowest BCUT2D eigenvalue weighted by molar-refractivity contribution is 0.206. The molecule has 1 heterocycles. The Morgan fingerprint density at radius 1 is 0.935 bits per heavy atom. The molecule has 31 heavy (non-hydrogen) atoms. The number of nitrogens with zero attached hydrogens (tertiary/aromatic N) is 1. The van der Waals surface area contributed by atoms with Crippen molar-refractivity contribution in [1.29, 1.82) is 0 Å². The predicted octanol–water partition coefficient (Wildman–Crippen LogP) is 5.23. The summed E-state index contributed by atoms with van der Waals surface area (Å²) in [5, 5.41) is 2.68. The van der Waals surface area contributed by atoms with Crippen molar-refractivity contribution >= 4 is 11.7 Å². The fourth-order valence-electron chi connectivity index (χ4n) is 3.57. The highest BCUT2D eigenvalue weighted by Gasteiger charge is 2.24. The third-order valence-corrected chi connectivity index (χ3v) is 5.18. The highest BCUT2D eigenvalue weighted by Crippen LogP contribution is 2.35. The Kier molecular flexibility index (Phi) is 5.93. The highest BCUT2D eigenvalue weighted by atomic mass is 19.1. The Hall–Kier alpha value is -3.74. The van der Waals surface area contributed by atoms with E-state index in [2.05, 4.69) is 5.32 Å². The molecule has 3 aromatic carbocycles. The number of fused-ring (bicyclic) bond motifs is 1. The zero-order valence-corrected chi connectivity index (χ0v) is 17.4. The number of hydrogen-bond acceptors (Lipinski definition) is 4. The molecule has 0 aliphatic carbocycles. The Balaban J connectivity index is 1.53. The second-order valence-corrected chi connectivity index (χ2v) is 7.11. The summed E-state index contributed by atoms with van der Waals surface area (Å²) >= 11 is 0. The number of carbonyl (C=O) groups excluding carboxylic acids is 1. The SMILES string of the molecule is COc1cc2c(cc1OC)CN(C(=O)Nc1c(F)cccc1Oc1ccccc1)CC2. The maximum Gasteiger partial charge on any atom is 0.322 e. The average Bonchev–Trinajstić information content (AvgIpc) is 2.80. The number of carbonyl (C=O) groups is 1. The minimum atomic E-state index is -0.564. The van der Waals surface area contributed by atoms with Crippen LogP contribution in [-0.2, 0) is 13.0 Å². The number of amides is 2. The summed E-state index contributed by atoms with van der Waals surface area (Å²) in [5.41, 5.74) is 2.07. The fourth-order valence-corrected chi connectivity index (χ4v) is 3.57. The molecule has 1 aliphatic rings. The molecule has 1 N–H and O–H groups in total. The first kappa shape index (κ1) is 20.5. The molecule has 0 saturated heterocycles. The van der Waals surface area contributed by atoms with Crippen molar-refractivity contribution in [2.45, 2.75) is 13.0 Å². The molecule has 0 bridgehead atoms. The Bertz CT molecular complexity index is 1090. The summed E-state index contributed by atoms with van der Waals surface area (Å²) in [6, 6.07) is 16.9. The van der Waals surface area contributed by atoms with Crippen molar-refractivity contribution in [2.75, 3.05) is 26.1 Å². The fraction of sp³-hybridized carbons (Fsp3) is 0.208. The lowest BCUT2D eigenvalue weighted by Gasteiger charge is -2.30. The molecule has 0 spiro atoms. The quantitative estimate of drug-likeness (QED) is 0.612. The second-order valence-electron chi connectivity index (χ2n) is 7.11. The van der Waals surface area contributed by atoms with Crippen LogP contribution in [0.25, 0.3) is 0 Å². The minimum Gasteiger partial charge on any atom is -0.493 e. The van der Waals surface area contributed by atoms with Gasteiger partial charge in [-0.15, -0.1) is 0 Å². The van der Waals surface area contributed by atoms with Crippen LogP contribution in [0.4, 0.5) is 14.9 Å². The van der Waals surface area contributed by atoms with Crippen molar-refractivity contribution < 1.29 is 23.4 Å². The summed E-state index contributed by atoms with van der Waals surface area (Å²) in [6.07, 6.45) is 0.660. The van der Waals surface area contributed by atoms with Gasteiger partial charge in [-0.25, -0.2) is 9.18 Å². The third kappa shape index (κ3) is 4.40. The number of anilines is 1. The number of rotatable bonds is 5. The molecule has 0 aromatic heterocycles. The van der Waals surface area contributed by atoms with Crippen LogP contribution in [-0.4, -0.2) is 31.7 Å². The molecule has 3 aromatic rings. The van der Waals surface area contributed by atoms with Gasteiger partial charge in [-0.05, 0) is 53.9 Å². The second kappa shape index (κ2) is 8.95. The molecular formula is C24H23FN2O4. The van der Waals surface area contributed by atoms with E-state index < -0.39 is 11.8 Å². The smallest absolute Gasteiger partial charge is 0.322 e. The van der Waals surface area contributed by atoms with Gasteiger partial charge < -0.3 is 24.4 Å². The molecule has 4 rings (SSSR count). The molecule has 0 atom stereocenters. The van der Waals surface area contributed by atoms with Crippen LogP contribution in [0.2, 0.25) is 0 Å². The van der Waals surface area contributed by atoms with Crippen LogP contribution in [0.15, 0.2) is 60.7 Å². The molecular weight excluding hydrogens is 399 g/mol. The van der Waals surface area contributed by atoms with Gasteiger partial charge in [0.25, 0.3) is 0 Å². The standard InChI is InChI=1S/C24H23FN2O4/c1-29-21-13-16-11-12-27(15-17(16)14-22(21)30-2)24(28)26-23-19(25)9-6-10-20(23)31-18-7-4-3-5-8-18/h3-10,13-14H,11-12,15H2,1-2H3,(H,26,28). The van der Waals surface area contributed by atoms with Gasteiger partial charge in [0.1, 0.15) is 11.4 Å². The Labute approximate surface area is 180 Å². The van der Waals surface area contributed by atoms with Gasteiger partial charge in [0.2, 0.25) is 0 Å². The number of nitrogens with one attached hydrogen (secondary N) is 1. The summed E-state index contributed by atoms with van der Waals surface area (Å²) in [5.74, 6) is 1.50. The first-order chi connectivity index (χ1) is 15.1. The maximum absolute atomic E-state index is 14.6. The lowest BCUT2D eigenvalue weighted by atomic mass is 9.99. The summed E-state index contributed by atoms with van der Waals surface area (Å²) < 4.78 is 31.1. The average molecular weight is 422 g/mol. The van der Waals surface area contributed by atoms with Crippen molar-refractivity contribution in [3.63, 3.8) is 0 Å². The van der Waals surface area contributed by atoms with E-state index in [1.165, 1.54) is 6.07 Å². The van der Waals surface area contributed by atoms with E-state index in [4.69, 9.17) is 14.2 Å². The van der Waals surface area contributed by atoms with Gasteiger partial charge in [-0.2, -0.15) is 0 Å². The van der Waals surface area contributed by atoms with Crippen molar-refractivity contribution in [3.8, 4) is 23.0 Å². The summed E-state index contributed by atoms with van der Waals surface area (Å²) in [7, 11) is 3.17. The van der Waals surface area contributed by atoms with Crippen LogP contribution in [0, 0.1) is 5.82 Å². The molecule has 1 aliphatic heterocycles. The van der Waals surface area contributed by atoms with Crippen molar-refractivity contribution in [2.24, 2.45) is 0 Å².